The van der Waals surface area contributed by atoms with Gasteiger partial charge in [-0.05, 0) is 39.0 Å². The van der Waals surface area contributed by atoms with E-state index in [0.29, 0.717) is 24.4 Å². The third kappa shape index (κ3) is 10.3. The van der Waals surface area contributed by atoms with Crippen molar-refractivity contribution < 1.29 is 33.8 Å². The summed E-state index contributed by atoms with van der Waals surface area (Å²) in [5, 5.41) is 13.8. The molecule has 0 aromatic carbocycles. The Balaban J connectivity index is 3.37. The number of amides is 2. The number of aromatic nitrogens is 1. The van der Waals surface area contributed by atoms with Crippen LogP contribution in [0.1, 0.15) is 103 Å². The van der Waals surface area contributed by atoms with Gasteiger partial charge in [0, 0.05) is 31.3 Å². The summed E-state index contributed by atoms with van der Waals surface area (Å²) in [6.45, 7) is 16.7. The lowest BCUT2D eigenvalue weighted by atomic mass is 9.92. The number of esters is 1. The number of hydrogen-bond acceptors (Lipinski definition) is 8. The van der Waals surface area contributed by atoms with Gasteiger partial charge in [0.1, 0.15) is 16.7 Å². The van der Waals surface area contributed by atoms with Crippen LogP contribution >= 0.6 is 11.3 Å². The maximum absolute atomic E-state index is 14.0. The van der Waals surface area contributed by atoms with Crippen molar-refractivity contribution in [3.05, 3.63) is 16.1 Å². The van der Waals surface area contributed by atoms with Gasteiger partial charge < -0.3 is 24.8 Å². The molecule has 0 aliphatic heterocycles. The van der Waals surface area contributed by atoms with Crippen molar-refractivity contribution in [3.63, 3.8) is 0 Å². The maximum atomic E-state index is 14.0. The number of nitrogens with one attached hydrogen (secondary N) is 1. The highest BCUT2D eigenvalue weighted by atomic mass is 32.1. The zero-order valence-electron chi connectivity index (χ0n) is 23.5. The van der Waals surface area contributed by atoms with E-state index in [2.05, 4.69) is 10.3 Å². The van der Waals surface area contributed by atoms with Crippen LogP contribution < -0.4 is 5.32 Å². The molecule has 210 valence electrons. The first kappa shape index (κ1) is 32.3. The van der Waals surface area contributed by atoms with Gasteiger partial charge in [0.15, 0.2) is 11.8 Å². The molecular weight excluding hydrogens is 498 g/mol. The number of rotatable bonds is 13. The van der Waals surface area contributed by atoms with E-state index in [1.165, 1.54) is 12.3 Å². The number of ether oxygens (including phenoxy) is 2. The molecule has 37 heavy (non-hydrogen) atoms. The monoisotopic (exact) mass is 541 g/mol. The van der Waals surface area contributed by atoms with E-state index >= 15 is 0 Å². The smallest absolute Gasteiger partial charge is 0.408 e. The van der Waals surface area contributed by atoms with Crippen molar-refractivity contribution in [1.82, 2.24) is 15.2 Å². The van der Waals surface area contributed by atoms with Crippen LogP contribution in [0.3, 0.4) is 0 Å². The first-order valence-electron chi connectivity index (χ1n) is 12.8. The molecule has 0 fully saturated rings. The minimum absolute atomic E-state index is 0.0356. The summed E-state index contributed by atoms with van der Waals surface area (Å²) in [6, 6.07) is -1.18. The largest absolute Gasteiger partial charge is 0.476 e. The van der Waals surface area contributed by atoms with Crippen LogP contribution in [-0.2, 0) is 19.1 Å². The molecule has 11 heteroatoms. The number of nitrogens with zero attached hydrogens (tertiary/aromatic N) is 2. The van der Waals surface area contributed by atoms with E-state index in [1.807, 2.05) is 34.6 Å². The zero-order chi connectivity index (χ0) is 28.5. The van der Waals surface area contributed by atoms with Gasteiger partial charge in [-0.1, -0.05) is 41.0 Å². The third-order valence-electron chi connectivity index (χ3n) is 5.85. The van der Waals surface area contributed by atoms with Crippen molar-refractivity contribution in [2.75, 3.05) is 6.54 Å². The van der Waals surface area contributed by atoms with Gasteiger partial charge in [-0.3, -0.25) is 9.59 Å². The summed E-state index contributed by atoms with van der Waals surface area (Å²) < 4.78 is 11.0. The lowest BCUT2D eigenvalue weighted by molar-refractivity contribution is -0.149. The lowest BCUT2D eigenvalue weighted by Gasteiger charge is -2.39. The zero-order valence-corrected chi connectivity index (χ0v) is 24.3. The molecule has 10 nitrogen and oxygen atoms in total. The van der Waals surface area contributed by atoms with E-state index in [0.717, 1.165) is 11.3 Å². The quantitative estimate of drug-likeness (QED) is 0.332. The average Bonchev–Trinajstić information content (AvgIpc) is 3.27. The fraction of sp³-hybridized carbons (Fsp3) is 0.731. The van der Waals surface area contributed by atoms with Gasteiger partial charge in [-0.25, -0.2) is 14.6 Å². The minimum atomic E-state index is -1.17. The number of thiazole rings is 1. The Bertz CT molecular complexity index is 926. The summed E-state index contributed by atoms with van der Waals surface area (Å²) in [5.74, 6) is -2.14. The van der Waals surface area contributed by atoms with Crippen molar-refractivity contribution in [2.45, 2.75) is 105 Å². The highest BCUT2D eigenvalue weighted by molar-refractivity contribution is 7.09. The molecule has 1 aromatic rings. The summed E-state index contributed by atoms with van der Waals surface area (Å²) in [5.41, 5.74) is -0.839. The van der Waals surface area contributed by atoms with Crippen LogP contribution in [0.4, 0.5) is 4.79 Å². The summed E-state index contributed by atoms with van der Waals surface area (Å²) in [4.78, 5) is 55.7. The van der Waals surface area contributed by atoms with Gasteiger partial charge in [-0.2, -0.15) is 0 Å². The number of carbonyl (C=O) groups excluding carboxylic acids is 3. The Morgan fingerprint density at radius 1 is 1.16 bits per heavy atom. The topological polar surface area (TPSA) is 135 Å². The van der Waals surface area contributed by atoms with Crippen molar-refractivity contribution >= 4 is 35.3 Å². The van der Waals surface area contributed by atoms with Crippen LogP contribution in [0.15, 0.2) is 5.38 Å². The molecule has 2 N–H and O–H groups in total. The predicted octanol–water partition coefficient (Wildman–Crippen LogP) is 5.04. The molecule has 1 aromatic heterocycles. The molecule has 2 amide bonds. The van der Waals surface area contributed by atoms with Gasteiger partial charge in [0.2, 0.25) is 5.91 Å². The van der Waals surface area contributed by atoms with E-state index in [-0.39, 0.29) is 35.9 Å². The third-order valence-corrected chi connectivity index (χ3v) is 6.79. The SMILES string of the molecule is CCCN(C(=O)C(NC(=O)OC(C)(C)C)C(C)CC)C(CC(OC(C)=O)c1nc(C(=O)O)cs1)C(C)C. The van der Waals surface area contributed by atoms with E-state index < -0.39 is 35.8 Å². The Morgan fingerprint density at radius 3 is 2.22 bits per heavy atom. The standard InChI is InChI=1S/C26H43N3O7S/c1-10-12-29(23(31)21(16(5)11-2)28-25(34)36-26(7,8)9)19(15(3)4)13-20(35-17(6)30)22-27-18(14-37-22)24(32)33/h14-16,19-21H,10-13H2,1-9H3,(H,28,34)(H,32,33). The Kier molecular flexibility index (Phi) is 12.5. The molecule has 0 aliphatic rings. The van der Waals surface area contributed by atoms with Crippen molar-refractivity contribution in [3.8, 4) is 0 Å². The molecule has 0 saturated carbocycles. The molecule has 1 rings (SSSR count). The lowest BCUT2D eigenvalue weighted by Crippen LogP contribution is -2.56. The fourth-order valence-electron chi connectivity index (χ4n) is 3.89. The Hall–Kier alpha value is -2.69. The van der Waals surface area contributed by atoms with Crippen LogP contribution in [0.2, 0.25) is 0 Å². The Labute approximate surface area is 224 Å². The van der Waals surface area contributed by atoms with Gasteiger partial charge >= 0.3 is 18.0 Å². The second-order valence-electron chi connectivity index (χ2n) is 10.6. The summed E-state index contributed by atoms with van der Waals surface area (Å²) in [7, 11) is 0. The molecule has 0 aliphatic carbocycles. The van der Waals surface area contributed by atoms with E-state index in [1.54, 1.807) is 25.7 Å². The Morgan fingerprint density at radius 2 is 1.78 bits per heavy atom. The predicted molar refractivity (Wildman–Crippen MR) is 141 cm³/mol. The molecular formula is C26H43N3O7S. The van der Waals surface area contributed by atoms with E-state index in [9.17, 15) is 24.3 Å². The van der Waals surface area contributed by atoms with Crippen LogP contribution in [0.5, 0.6) is 0 Å². The van der Waals surface area contributed by atoms with Crippen LogP contribution in [0, 0.1) is 11.8 Å². The highest BCUT2D eigenvalue weighted by Crippen LogP contribution is 2.31. The maximum Gasteiger partial charge on any atom is 0.408 e. The first-order chi connectivity index (χ1) is 17.1. The van der Waals surface area contributed by atoms with E-state index in [4.69, 9.17) is 9.47 Å². The molecule has 0 spiro atoms. The summed E-state index contributed by atoms with van der Waals surface area (Å²) in [6.07, 6.45) is 0.0789. The van der Waals surface area contributed by atoms with Crippen molar-refractivity contribution in [1.29, 1.82) is 0 Å². The number of carbonyl (C=O) groups is 4. The average molecular weight is 542 g/mol. The molecule has 0 bridgehead atoms. The first-order valence-corrected chi connectivity index (χ1v) is 13.6. The van der Waals surface area contributed by atoms with Gasteiger partial charge in [0.05, 0.1) is 0 Å². The molecule has 0 radical (unpaired) electrons. The van der Waals surface area contributed by atoms with Crippen LogP contribution in [0.25, 0.3) is 0 Å². The summed E-state index contributed by atoms with van der Waals surface area (Å²) >= 11 is 1.10. The second-order valence-corrected chi connectivity index (χ2v) is 11.5. The molecule has 0 saturated heterocycles. The number of carboxylic acid groups (broad SMARTS) is 1. The van der Waals surface area contributed by atoms with Crippen molar-refractivity contribution in [2.24, 2.45) is 11.8 Å². The second kappa shape index (κ2) is 14.3. The molecule has 1 heterocycles. The number of aromatic carboxylic acids is 1. The van der Waals surface area contributed by atoms with Gasteiger partial charge in [-0.15, -0.1) is 11.3 Å². The molecule has 4 unspecified atom stereocenters. The number of alkyl carbamates (subject to hydrolysis) is 1. The normalized spacial score (nSPS) is 14.9. The number of carboxylic acids is 1. The highest BCUT2D eigenvalue weighted by Gasteiger charge is 2.37. The fourth-order valence-corrected chi connectivity index (χ4v) is 4.72. The van der Waals surface area contributed by atoms with Crippen LogP contribution in [-0.4, -0.2) is 63.2 Å². The molecule has 4 atom stereocenters. The minimum Gasteiger partial charge on any atom is -0.476 e. The van der Waals surface area contributed by atoms with Gasteiger partial charge in [0.25, 0.3) is 0 Å². The number of hydrogen-bond donors (Lipinski definition) is 2.